The molecule has 1 fully saturated rings. The van der Waals surface area contributed by atoms with Gasteiger partial charge in [-0.15, -0.1) is 10.2 Å². The molecule has 1 N–H and O–H groups in total. The summed E-state index contributed by atoms with van der Waals surface area (Å²) in [6, 6.07) is 7.61. The lowest BCUT2D eigenvalue weighted by Crippen LogP contribution is -2.34. The van der Waals surface area contributed by atoms with Crippen molar-refractivity contribution in [2.24, 2.45) is 0 Å². The molecule has 0 radical (unpaired) electrons. The van der Waals surface area contributed by atoms with Gasteiger partial charge < -0.3 is 4.90 Å². The number of benzene rings is 1. The molecule has 1 unspecified atom stereocenters. The summed E-state index contributed by atoms with van der Waals surface area (Å²) in [5.74, 6) is 0. The Hall–Kier alpha value is -1.66. The van der Waals surface area contributed by atoms with Crippen LogP contribution in [-0.4, -0.2) is 27.7 Å². The molecule has 2 amide bonds. The van der Waals surface area contributed by atoms with Crippen LogP contribution < -0.4 is 5.32 Å². The van der Waals surface area contributed by atoms with Gasteiger partial charge in [-0.3, -0.25) is 5.32 Å². The Bertz CT molecular complexity index is 604. The van der Waals surface area contributed by atoms with Gasteiger partial charge in [0.1, 0.15) is 5.51 Å². The van der Waals surface area contributed by atoms with E-state index >= 15 is 0 Å². The molecule has 1 atom stereocenters. The summed E-state index contributed by atoms with van der Waals surface area (Å²) in [5, 5.41) is 11.5. The second kappa shape index (κ2) is 5.76. The van der Waals surface area contributed by atoms with Crippen LogP contribution in [0.5, 0.6) is 0 Å². The molecule has 1 aromatic heterocycles. The highest BCUT2D eigenvalue weighted by Crippen LogP contribution is 2.33. The van der Waals surface area contributed by atoms with Crippen LogP contribution in [-0.2, 0) is 0 Å². The van der Waals surface area contributed by atoms with Crippen LogP contribution in [0.15, 0.2) is 29.8 Å². The minimum absolute atomic E-state index is 0.0709. The van der Waals surface area contributed by atoms with Gasteiger partial charge >= 0.3 is 6.03 Å². The number of hydrogen-bond acceptors (Lipinski definition) is 4. The molecule has 0 aliphatic carbocycles. The molecule has 1 aliphatic heterocycles. The highest BCUT2D eigenvalue weighted by molar-refractivity contribution is 7.13. The van der Waals surface area contributed by atoms with Gasteiger partial charge in [0.2, 0.25) is 5.13 Å². The minimum Gasteiger partial charge on any atom is -0.317 e. The molecule has 1 saturated heterocycles. The average molecular weight is 309 g/mol. The van der Waals surface area contributed by atoms with E-state index in [0.717, 1.165) is 24.9 Å². The number of carbonyl (C=O) groups is 1. The highest BCUT2D eigenvalue weighted by Gasteiger charge is 2.30. The topological polar surface area (TPSA) is 58.1 Å². The van der Waals surface area contributed by atoms with Gasteiger partial charge in [0, 0.05) is 11.6 Å². The fraction of sp³-hybridized carbons (Fsp3) is 0.308. The van der Waals surface area contributed by atoms with Crippen molar-refractivity contribution in [3.8, 4) is 0 Å². The average Bonchev–Trinajstić information content (AvgIpc) is 3.09. The first-order valence-electron chi connectivity index (χ1n) is 6.33. The van der Waals surface area contributed by atoms with Crippen molar-refractivity contribution in [3.63, 3.8) is 0 Å². The van der Waals surface area contributed by atoms with Crippen molar-refractivity contribution in [2.45, 2.75) is 18.9 Å². The van der Waals surface area contributed by atoms with Crippen LogP contribution in [0.4, 0.5) is 9.93 Å². The fourth-order valence-corrected chi connectivity index (χ4v) is 3.09. The van der Waals surface area contributed by atoms with Crippen molar-refractivity contribution >= 4 is 34.1 Å². The van der Waals surface area contributed by atoms with Gasteiger partial charge in [-0.2, -0.15) is 0 Å². The number of halogens is 1. The molecule has 7 heteroatoms. The number of urea groups is 1. The normalized spacial score (nSPS) is 18.2. The van der Waals surface area contributed by atoms with E-state index in [1.165, 1.54) is 11.3 Å². The van der Waals surface area contributed by atoms with E-state index in [1.807, 2.05) is 29.2 Å². The molecule has 0 spiro atoms. The number of hydrogen-bond donors (Lipinski definition) is 1. The van der Waals surface area contributed by atoms with E-state index in [-0.39, 0.29) is 12.1 Å². The lowest BCUT2D eigenvalue weighted by atomic mass is 10.1. The van der Waals surface area contributed by atoms with Crippen molar-refractivity contribution in [1.29, 1.82) is 0 Å². The van der Waals surface area contributed by atoms with Crippen LogP contribution in [0, 0.1) is 0 Å². The largest absolute Gasteiger partial charge is 0.324 e. The van der Waals surface area contributed by atoms with E-state index in [4.69, 9.17) is 11.6 Å². The van der Waals surface area contributed by atoms with E-state index in [0.29, 0.717) is 10.2 Å². The first-order chi connectivity index (χ1) is 9.74. The zero-order valence-electron chi connectivity index (χ0n) is 10.6. The molecule has 0 bridgehead atoms. The van der Waals surface area contributed by atoms with Crippen molar-refractivity contribution in [1.82, 2.24) is 15.1 Å². The third-order valence-electron chi connectivity index (χ3n) is 3.32. The number of anilines is 1. The maximum absolute atomic E-state index is 12.3. The van der Waals surface area contributed by atoms with Gasteiger partial charge in [0.15, 0.2) is 0 Å². The molecule has 20 heavy (non-hydrogen) atoms. The highest BCUT2D eigenvalue weighted by atomic mass is 35.5. The second-order valence-electron chi connectivity index (χ2n) is 4.58. The summed E-state index contributed by atoms with van der Waals surface area (Å²) in [6.45, 7) is 0.738. The monoisotopic (exact) mass is 308 g/mol. The van der Waals surface area contributed by atoms with E-state index in [1.54, 1.807) is 5.51 Å². The Balaban J connectivity index is 1.77. The van der Waals surface area contributed by atoms with E-state index in [9.17, 15) is 4.79 Å². The summed E-state index contributed by atoms with van der Waals surface area (Å²) < 4.78 is 0. The Morgan fingerprint density at radius 3 is 3.15 bits per heavy atom. The summed E-state index contributed by atoms with van der Waals surface area (Å²) in [6.07, 6.45) is 1.94. The number of aromatic nitrogens is 2. The molecule has 104 valence electrons. The van der Waals surface area contributed by atoms with Crippen molar-refractivity contribution in [3.05, 3.63) is 40.4 Å². The molecular weight excluding hydrogens is 296 g/mol. The lowest BCUT2D eigenvalue weighted by Gasteiger charge is -2.24. The SMILES string of the molecule is O=C(Nc1nncs1)N1CCCC1c1cccc(Cl)c1. The van der Waals surface area contributed by atoms with Crippen molar-refractivity contribution in [2.75, 3.05) is 11.9 Å². The van der Waals surface area contributed by atoms with Crippen LogP contribution in [0.25, 0.3) is 0 Å². The second-order valence-corrected chi connectivity index (χ2v) is 5.85. The zero-order valence-corrected chi connectivity index (χ0v) is 12.2. The number of carbonyl (C=O) groups excluding carboxylic acids is 1. The molecule has 1 aromatic carbocycles. The molecule has 2 heterocycles. The first kappa shape index (κ1) is 13.3. The summed E-state index contributed by atoms with van der Waals surface area (Å²) in [5.41, 5.74) is 2.66. The first-order valence-corrected chi connectivity index (χ1v) is 7.59. The Morgan fingerprint density at radius 2 is 2.40 bits per heavy atom. The molecular formula is C13H13ClN4OS. The Labute approximate surface area is 125 Å². The van der Waals surface area contributed by atoms with Crippen LogP contribution in [0.2, 0.25) is 5.02 Å². The predicted octanol–water partition coefficient (Wildman–Crippen LogP) is 3.56. The van der Waals surface area contributed by atoms with Gasteiger partial charge in [0.25, 0.3) is 0 Å². The zero-order chi connectivity index (χ0) is 13.9. The summed E-state index contributed by atoms with van der Waals surface area (Å²) in [7, 11) is 0. The van der Waals surface area contributed by atoms with Gasteiger partial charge in [-0.25, -0.2) is 4.79 Å². The molecule has 3 rings (SSSR count). The van der Waals surface area contributed by atoms with Crippen LogP contribution in [0.3, 0.4) is 0 Å². The Morgan fingerprint density at radius 1 is 1.50 bits per heavy atom. The number of likely N-dealkylation sites (tertiary alicyclic amines) is 1. The van der Waals surface area contributed by atoms with Crippen LogP contribution >= 0.6 is 22.9 Å². The van der Waals surface area contributed by atoms with Crippen LogP contribution in [0.1, 0.15) is 24.4 Å². The molecule has 2 aromatic rings. The minimum atomic E-state index is -0.135. The quantitative estimate of drug-likeness (QED) is 0.923. The maximum atomic E-state index is 12.3. The predicted molar refractivity (Wildman–Crippen MR) is 79.1 cm³/mol. The standard InChI is InChI=1S/C13H13ClN4OS/c14-10-4-1-3-9(7-10)11-5-2-6-18(11)13(19)16-12-17-15-8-20-12/h1,3-4,7-8,11H,2,5-6H2,(H,16,17,19). The maximum Gasteiger partial charge on any atom is 0.324 e. The van der Waals surface area contributed by atoms with Gasteiger partial charge in [-0.05, 0) is 30.5 Å². The third-order valence-corrected chi connectivity index (χ3v) is 4.16. The fourth-order valence-electron chi connectivity index (χ4n) is 2.46. The molecule has 5 nitrogen and oxygen atoms in total. The van der Waals surface area contributed by atoms with Crippen molar-refractivity contribution < 1.29 is 4.79 Å². The van der Waals surface area contributed by atoms with E-state index < -0.39 is 0 Å². The number of amides is 2. The Kier molecular flexibility index (Phi) is 3.84. The number of nitrogens with zero attached hydrogens (tertiary/aromatic N) is 3. The van der Waals surface area contributed by atoms with Gasteiger partial charge in [0.05, 0.1) is 6.04 Å². The summed E-state index contributed by atoms with van der Waals surface area (Å²) >= 11 is 7.34. The lowest BCUT2D eigenvalue weighted by molar-refractivity contribution is 0.207. The molecule has 0 saturated carbocycles. The number of rotatable bonds is 2. The number of nitrogens with one attached hydrogen (secondary N) is 1. The van der Waals surface area contributed by atoms with E-state index in [2.05, 4.69) is 15.5 Å². The molecule has 1 aliphatic rings. The summed E-state index contributed by atoms with van der Waals surface area (Å²) in [4.78, 5) is 14.1. The van der Waals surface area contributed by atoms with Gasteiger partial charge in [-0.1, -0.05) is 35.1 Å². The smallest absolute Gasteiger partial charge is 0.317 e. The third kappa shape index (κ3) is 2.76.